The SMILES string of the molecule is Cn1cnnc1C1CCN(c2c(C#N)ccc(OCC3CC3)c2Br)CC1. The molecular formula is C19H22BrN5O. The molecule has 0 N–H and O–H groups in total. The average Bonchev–Trinajstić information content (AvgIpc) is 3.40. The van der Waals surface area contributed by atoms with E-state index in [4.69, 9.17) is 4.74 Å². The minimum atomic E-state index is 0.414. The fourth-order valence-electron chi connectivity index (χ4n) is 3.57. The Hall–Kier alpha value is -2.07. The fraction of sp³-hybridized carbons (Fsp3) is 0.526. The molecule has 0 bridgehead atoms. The summed E-state index contributed by atoms with van der Waals surface area (Å²) in [6, 6.07) is 6.11. The van der Waals surface area contributed by atoms with E-state index in [1.165, 1.54) is 12.8 Å². The summed E-state index contributed by atoms with van der Waals surface area (Å²) in [5.74, 6) is 2.99. The Kier molecular flexibility index (Phi) is 4.86. The highest BCUT2D eigenvalue weighted by molar-refractivity contribution is 9.10. The number of aromatic nitrogens is 3. The zero-order valence-electron chi connectivity index (χ0n) is 14.9. The summed E-state index contributed by atoms with van der Waals surface area (Å²) in [6.07, 6.45) is 6.27. The van der Waals surface area contributed by atoms with Crippen molar-refractivity contribution in [2.75, 3.05) is 24.6 Å². The normalized spacial score (nSPS) is 18.0. The number of nitriles is 1. The van der Waals surface area contributed by atoms with Crippen LogP contribution in [0, 0.1) is 17.2 Å². The van der Waals surface area contributed by atoms with Crippen LogP contribution in [0.2, 0.25) is 0 Å². The molecule has 0 amide bonds. The fourth-order valence-corrected chi connectivity index (χ4v) is 4.28. The molecule has 0 atom stereocenters. The smallest absolute Gasteiger partial charge is 0.135 e. The molecule has 4 rings (SSSR count). The van der Waals surface area contributed by atoms with Crippen molar-refractivity contribution in [1.29, 1.82) is 5.26 Å². The minimum absolute atomic E-state index is 0.414. The molecule has 0 radical (unpaired) electrons. The first kappa shape index (κ1) is 17.3. The molecule has 2 aromatic rings. The first-order chi connectivity index (χ1) is 12.7. The maximum absolute atomic E-state index is 9.57. The van der Waals surface area contributed by atoms with Crippen LogP contribution in [0.1, 0.15) is 43.0 Å². The largest absolute Gasteiger partial charge is 0.492 e. The summed E-state index contributed by atoms with van der Waals surface area (Å²) in [5, 5.41) is 17.8. The van der Waals surface area contributed by atoms with Crippen molar-refractivity contribution in [1.82, 2.24) is 14.8 Å². The number of piperidine rings is 1. The molecule has 2 fully saturated rings. The molecule has 2 aliphatic rings. The molecule has 0 spiro atoms. The number of halogens is 1. The predicted molar refractivity (Wildman–Crippen MR) is 102 cm³/mol. The summed E-state index contributed by atoms with van der Waals surface area (Å²) < 4.78 is 8.88. The molecule has 2 heterocycles. The number of aryl methyl sites for hydroxylation is 1. The van der Waals surface area contributed by atoms with Crippen LogP contribution in [-0.4, -0.2) is 34.5 Å². The Balaban J connectivity index is 1.52. The number of benzene rings is 1. The van der Waals surface area contributed by atoms with Crippen molar-refractivity contribution in [3.05, 3.63) is 34.3 Å². The maximum Gasteiger partial charge on any atom is 0.135 e. The molecule has 1 saturated heterocycles. The molecule has 1 aliphatic carbocycles. The van der Waals surface area contributed by atoms with Gasteiger partial charge in [-0.3, -0.25) is 0 Å². The van der Waals surface area contributed by atoms with E-state index in [0.29, 0.717) is 17.4 Å². The minimum Gasteiger partial charge on any atom is -0.492 e. The molecular weight excluding hydrogens is 394 g/mol. The van der Waals surface area contributed by atoms with Crippen molar-refractivity contribution in [2.24, 2.45) is 13.0 Å². The molecule has 1 aromatic heterocycles. The predicted octanol–water partition coefficient (Wildman–Crippen LogP) is 3.62. The van der Waals surface area contributed by atoms with Gasteiger partial charge >= 0.3 is 0 Å². The van der Waals surface area contributed by atoms with Gasteiger partial charge in [0.2, 0.25) is 0 Å². The van der Waals surface area contributed by atoms with Crippen LogP contribution in [0.4, 0.5) is 5.69 Å². The van der Waals surface area contributed by atoms with E-state index >= 15 is 0 Å². The standard InChI is InChI=1S/C19H22BrN5O/c1-24-12-22-23-19(24)14-6-8-25(9-7-14)18-15(10-21)4-5-16(17(18)20)26-11-13-2-3-13/h4-5,12-14H,2-3,6-9,11H2,1H3. The van der Waals surface area contributed by atoms with Gasteiger partial charge < -0.3 is 14.2 Å². The lowest BCUT2D eigenvalue weighted by Crippen LogP contribution is -2.34. The number of hydrogen-bond acceptors (Lipinski definition) is 5. The molecule has 0 unspecified atom stereocenters. The van der Waals surface area contributed by atoms with Gasteiger partial charge in [-0.05, 0) is 59.7 Å². The van der Waals surface area contributed by atoms with Gasteiger partial charge in [-0.2, -0.15) is 5.26 Å². The number of anilines is 1. The van der Waals surface area contributed by atoms with Gasteiger partial charge in [0.15, 0.2) is 0 Å². The first-order valence-corrected chi connectivity index (χ1v) is 9.91. The molecule has 1 saturated carbocycles. The van der Waals surface area contributed by atoms with E-state index in [1.54, 1.807) is 6.33 Å². The lowest BCUT2D eigenvalue weighted by Gasteiger charge is -2.34. The third-order valence-corrected chi connectivity index (χ3v) is 6.06. The second kappa shape index (κ2) is 7.28. The molecule has 136 valence electrons. The van der Waals surface area contributed by atoms with Crippen LogP contribution in [-0.2, 0) is 7.05 Å². The second-order valence-corrected chi connectivity index (χ2v) is 7.99. The Morgan fingerprint density at radius 2 is 2.04 bits per heavy atom. The number of ether oxygens (including phenoxy) is 1. The van der Waals surface area contributed by atoms with E-state index in [2.05, 4.69) is 37.1 Å². The van der Waals surface area contributed by atoms with E-state index in [-0.39, 0.29) is 0 Å². The Morgan fingerprint density at radius 3 is 2.65 bits per heavy atom. The first-order valence-electron chi connectivity index (χ1n) is 9.11. The summed E-state index contributed by atoms with van der Waals surface area (Å²) in [6.45, 7) is 2.53. The van der Waals surface area contributed by atoms with Crippen LogP contribution in [0.15, 0.2) is 22.9 Å². The summed E-state index contributed by atoms with van der Waals surface area (Å²) in [5.41, 5.74) is 1.64. The third-order valence-electron chi connectivity index (χ3n) is 5.30. The quantitative estimate of drug-likeness (QED) is 0.745. The summed E-state index contributed by atoms with van der Waals surface area (Å²) in [4.78, 5) is 2.29. The van der Waals surface area contributed by atoms with Crippen LogP contribution < -0.4 is 9.64 Å². The van der Waals surface area contributed by atoms with Gasteiger partial charge in [-0.1, -0.05) is 0 Å². The van der Waals surface area contributed by atoms with Crippen molar-refractivity contribution >= 4 is 21.6 Å². The zero-order valence-corrected chi connectivity index (χ0v) is 16.4. The molecule has 1 aliphatic heterocycles. The molecule has 26 heavy (non-hydrogen) atoms. The monoisotopic (exact) mass is 415 g/mol. The van der Waals surface area contributed by atoms with Crippen LogP contribution in [0.5, 0.6) is 5.75 Å². The second-order valence-electron chi connectivity index (χ2n) is 7.20. The highest BCUT2D eigenvalue weighted by Crippen LogP contribution is 2.41. The Morgan fingerprint density at radius 1 is 1.27 bits per heavy atom. The summed E-state index contributed by atoms with van der Waals surface area (Å²) >= 11 is 3.70. The highest BCUT2D eigenvalue weighted by atomic mass is 79.9. The number of rotatable bonds is 5. The van der Waals surface area contributed by atoms with Crippen LogP contribution in [0.25, 0.3) is 0 Å². The van der Waals surface area contributed by atoms with E-state index < -0.39 is 0 Å². The van der Waals surface area contributed by atoms with Crippen molar-refractivity contribution in [3.63, 3.8) is 0 Å². The highest BCUT2D eigenvalue weighted by Gasteiger charge is 2.28. The molecule has 7 heteroatoms. The van der Waals surface area contributed by atoms with Crippen LogP contribution in [0.3, 0.4) is 0 Å². The topological polar surface area (TPSA) is 67.0 Å². The zero-order chi connectivity index (χ0) is 18.1. The lowest BCUT2D eigenvalue weighted by molar-refractivity contribution is 0.298. The van der Waals surface area contributed by atoms with E-state index in [9.17, 15) is 5.26 Å². The van der Waals surface area contributed by atoms with Gasteiger partial charge in [0.25, 0.3) is 0 Å². The Bertz CT molecular complexity index is 831. The van der Waals surface area contributed by atoms with Crippen molar-refractivity contribution < 1.29 is 4.74 Å². The summed E-state index contributed by atoms with van der Waals surface area (Å²) in [7, 11) is 1.99. The molecule has 1 aromatic carbocycles. The van der Waals surface area contributed by atoms with Gasteiger partial charge in [-0.15, -0.1) is 10.2 Å². The van der Waals surface area contributed by atoms with Crippen LogP contribution >= 0.6 is 15.9 Å². The third kappa shape index (κ3) is 3.43. The van der Waals surface area contributed by atoms with Crippen molar-refractivity contribution in [3.8, 4) is 11.8 Å². The Labute approximate surface area is 161 Å². The molecule has 6 nitrogen and oxygen atoms in total. The maximum atomic E-state index is 9.57. The lowest BCUT2D eigenvalue weighted by atomic mass is 9.95. The van der Waals surface area contributed by atoms with Gasteiger partial charge in [0.05, 0.1) is 22.3 Å². The van der Waals surface area contributed by atoms with E-state index in [1.807, 2.05) is 23.7 Å². The van der Waals surface area contributed by atoms with Gasteiger partial charge in [0, 0.05) is 26.1 Å². The van der Waals surface area contributed by atoms with Gasteiger partial charge in [-0.25, -0.2) is 0 Å². The number of hydrogen-bond donors (Lipinski definition) is 0. The van der Waals surface area contributed by atoms with Gasteiger partial charge in [0.1, 0.15) is 24.0 Å². The number of nitrogens with zero attached hydrogens (tertiary/aromatic N) is 5. The average molecular weight is 416 g/mol. The van der Waals surface area contributed by atoms with E-state index in [0.717, 1.165) is 54.3 Å². The van der Waals surface area contributed by atoms with Crippen molar-refractivity contribution in [2.45, 2.75) is 31.6 Å².